The van der Waals surface area contributed by atoms with Crippen molar-refractivity contribution in [3.8, 4) is 0 Å². The minimum Gasteiger partial charge on any atom is -0.424 e. The van der Waals surface area contributed by atoms with E-state index < -0.39 is 6.41 Å². The molecule has 0 spiro atoms. The van der Waals surface area contributed by atoms with Crippen LogP contribution in [0.3, 0.4) is 0 Å². The van der Waals surface area contributed by atoms with E-state index >= 15 is 0 Å². The van der Waals surface area contributed by atoms with Gasteiger partial charge in [0.25, 0.3) is 0 Å². The van der Waals surface area contributed by atoms with Crippen LogP contribution in [-0.4, -0.2) is 45.3 Å². The first-order valence-electron chi connectivity index (χ1n) is 7.81. The molecule has 21 heavy (non-hydrogen) atoms. The summed E-state index contributed by atoms with van der Waals surface area (Å²) >= 11 is 0. The number of ether oxygens (including phenoxy) is 1. The standard InChI is InChI=1S/C15H23N3O3/c1-14(2,3)21-13(19)18-7-10-6-15(10,8-18)12-17-16-11(20-12)9-4-5-9/h9-10,13,19H,4-8H2,1-3H3. The highest BCUT2D eigenvalue weighted by Gasteiger charge is 2.65. The molecule has 1 aromatic heterocycles. The van der Waals surface area contributed by atoms with Gasteiger partial charge in [0.2, 0.25) is 18.2 Å². The van der Waals surface area contributed by atoms with Gasteiger partial charge in [-0.05, 0) is 46.0 Å². The van der Waals surface area contributed by atoms with Crippen molar-refractivity contribution in [1.82, 2.24) is 15.1 Å². The topological polar surface area (TPSA) is 71.6 Å². The molecule has 6 nitrogen and oxygen atoms in total. The highest BCUT2D eigenvalue weighted by molar-refractivity contribution is 5.26. The second kappa shape index (κ2) is 4.27. The molecule has 0 radical (unpaired) electrons. The molecule has 4 rings (SSSR count). The zero-order valence-electron chi connectivity index (χ0n) is 12.9. The largest absolute Gasteiger partial charge is 0.424 e. The van der Waals surface area contributed by atoms with Gasteiger partial charge in [-0.1, -0.05) is 0 Å². The van der Waals surface area contributed by atoms with Gasteiger partial charge in [0, 0.05) is 19.0 Å². The molecule has 1 aromatic rings. The first-order chi connectivity index (χ1) is 9.87. The lowest BCUT2D eigenvalue weighted by Gasteiger charge is -2.31. The summed E-state index contributed by atoms with van der Waals surface area (Å²) in [5.41, 5.74) is -0.397. The molecule has 0 amide bonds. The maximum Gasteiger partial charge on any atom is 0.224 e. The molecular weight excluding hydrogens is 270 g/mol. The third-order valence-corrected chi connectivity index (χ3v) is 4.74. The van der Waals surface area contributed by atoms with Crippen LogP contribution < -0.4 is 0 Å². The van der Waals surface area contributed by atoms with E-state index in [0.29, 0.717) is 11.8 Å². The number of hydrogen-bond acceptors (Lipinski definition) is 6. The van der Waals surface area contributed by atoms with Crippen molar-refractivity contribution in [2.24, 2.45) is 5.92 Å². The Hall–Kier alpha value is -0.980. The third kappa shape index (κ3) is 2.39. The number of fused-ring (bicyclic) bond motifs is 1. The predicted molar refractivity (Wildman–Crippen MR) is 74.5 cm³/mol. The normalized spacial score (nSPS) is 34.0. The maximum absolute atomic E-state index is 10.2. The van der Waals surface area contributed by atoms with Gasteiger partial charge >= 0.3 is 0 Å². The van der Waals surface area contributed by atoms with Crippen LogP contribution in [0.5, 0.6) is 0 Å². The van der Waals surface area contributed by atoms with Gasteiger partial charge in [-0.25, -0.2) is 0 Å². The summed E-state index contributed by atoms with van der Waals surface area (Å²) < 4.78 is 11.5. The van der Waals surface area contributed by atoms with E-state index in [1.54, 1.807) is 0 Å². The number of aliphatic hydroxyl groups is 1. The van der Waals surface area contributed by atoms with E-state index in [9.17, 15) is 5.11 Å². The molecule has 116 valence electrons. The number of likely N-dealkylation sites (tertiary alicyclic amines) is 1. The van der Waals surface area contributed by atoms with Gasteiger partial charge in [-0.2, -0.15) is 0 Å². The summed E-state index contributed by atoms with van der Waals surface area (Å²) in [6.45, 7) is 7.41. The molecule has 1 aliphatic heterocycles. The zero-order valence-corrected chi connectivity index (χ0v) is 12.9. The number of nitrogens with zero attached hydrogens (tertiary/aromatic N) is 3. The Bertz CT molecular complexity index is 549. The van der Waals surface area contributed by atoms with Crippen molar-refractivity contribution in [3.63, 3.8) is 0 Å². The Balaban J connectivity index is 1.45. The van der Waals surface area contributed by atoms with Gasteiger partial charge in [-0.3, -0.25) is 4.90 Å². The highest BCUT2D eigenvalue weighted by atomic mass is 16.6. The average molecular weight is 293 g/mol. The molecule has 2 heterocycles. The molecule has 0 aromatic carbocycles. The van der Waals surface area contributed by atoms with Crippen LogP contribution in [0.4, 0.5) is 0 Å². The van der Waals surface area contributed by atoms with Crippen LogP contribution in [-0.2, 0) is 10.2 Å². The van der Waals surface area contributed by atoms with Crippen LogP contribution in [0.2, 0.25) is 0 Å². The van der Waals surface area contributed by atoms with E-state index in [2.05, 4.69) is 10.2 Å². The molecule has 3 fully saturated rings. The Labute approximate surface area is 124 Å². The molecule has 2 aliphatic carbocycles. The molecular formula is C15H23N3O3. The predicted octanol–water partition coefficient (Wildman–Crippen LogP) is 1.61. The highest BCUT2D eigenvalue weighted by Crippen LogP contribution is 2.59. The second-order valence-electron chi connectivity index (χ2n) is 7.76. The first kappa shape index (κ1) is 13.7. The van der Waals surface area contributed by atoms with Crippen molar-refractivity contribution in [3.05, 3.63) is 11.8 Å². The number of aromatic nitrogens is 2. The van der Waals surface area contributed by atoms with E-state index in [-0.39, 0.29) is 11.0 Å². The van der Waals surface area contributed by atoms with Crippen LogP contribution in [0.15, 0.2) is 4.42 Å². The number of rotatable bonds is 4. The van der Waals surface area contributed by atoms with Crippen molar-refractivity contribution in [2.45, 2.75) is 63.4 Å². The van der Waals surface area contributed by atoms with Gasteiger partial charge < -0.3 is 14.3 Å². The fraction of sp³-hybridized carbons (Fsp3) is 0.867. The minimum atomic E-state index is -0.861. The Morgan fingerprint density at radius 2 is 2.14 bits per heavy atom. The molecule has 0 bridgehead atoms. The zero-order chi connectivity index (χ0) is 14.8. The Kier molecular flexibility index (Phi) is 2.78. The molecule has 1 N–H and O–H groups in total. The lowest BCUT2D eigenvalue weighted by atomic mass is 10.1. The quantitative estimate of drug-likeness (QED) is 0.850. The lowest BCUT2D eigenvalue weighted by Crippen LogP contribution is -2.42. The van der Waals surface area contributed by atoms with Crippen LogP contribution in [0, 0.1) is 5.92 Å². The van der Waals surface area contributed by atoms with Gasteiger partial charge in [0.1, 0.15) is 0 Å². The van der Waals surface area contributed by atoms with E-state index in [1.165, 1.54) is 12.8 Å². The minimum absolute atomic E-state index is 0.0393. The lowest BCUT2D eigenvalue weighted by molar-refractivity contribution is -0.236. The Morgan fingerprint density at radius 3 is 2.81 bits per heavy atom. The van der Waals surface area contributed by atoms with Crippen molar-refractivity contribution in [1.29, 1.82) is 0 Å². The van der Waals surface area contributed by atoms with E-state index in [0.717, 1.165) is 31.3 Å². The fourth-order valence-electron chi connectivity index (χ4n) is 3.34. The van der Waals surface area contributed by atoms with E-state index in [1.807, 2.05) is 25.7 Å². The Morgan fingerprint density at radius 1 is 1.38 bits per heavy atom. The van der Waals surface area contributed by atoms with Gasteiger partial charge in [0.15, 0.2) is 0 Å². The first-order valence-corrected chi connectivity index (χ1v) is 7.81. The smallest absolute Gasteiger partial charge is 0.224 e. The van der Waals surface area contributed by atoms with Crippen molar-refractivity contribution in [2.75, 3.05) is 13.1 Å². The second-order valence-corrected chi connectivity index (χ2v) is 7.76. The summed E-state index contributed by atoms with van der Waals surface area (Å²) in [6, 6.07) is 0. The number of aliphatic hydroxyl groups excluding tert-OH is 1. The third-order valence-electron chi connectivity index (χ3n) is 4.74. The molecule has 3 aliphatic rings. The van der Waals surface area contributed by atoms with Gasteiger partial charge in [-0.15, -0.1) is 10.2 Å². The van der Waals surface area contributed by atoms with Crippen LogP contribution >= 0.6 is 0 Å². The molecule has 3 atom stereocenters. The average Bonchev–Trinajstić information content (AvgIpc) is 3.27. The van der Waals surface area contributed by atoms with Crippen LogP contribution in [0.1, 0.15) is 57.7 Å². The van der Waals surface area contributed by atoms with E-state index in [4.69, 9.17) is 9.15 Å². The summed E-state index contributed by atoms with van der Waals surface area (Å²) in [4.78, 5) is 1.97. The summed E-state index contributed by atoms with van der Waals surface area (Å²) in [6.07, 6.45) is 2.56. The number of piperidine rings is 1. The molecule has 1 saturated heterocycles. The SMILES string of the molecule is CC(C)(C)OC(O)N1CC2CC2(c2nnc(C3CC3)o2)C1. The van der Waals surface area contributed by atoms with Crippen LogP contribution in [0.25, 0.3) is 0 Å². The summed E-state index contributed by atoms with van der Waals surface area (Å²) in [5, 5.41) is 18.7. The molecule has 3 unspecified atom stereocenters. The monoisotopic (exact) mass is 293 g/mol. The summed E-state index contributed by atoms with van der Waals surface area (Å²) in [7, 11) is 0. The fourth-order valence-corrected chi connectivity index (χ4v) is 3.34. The van der Waals surface area contributed by atoms with Gasteiger partial charge in [0.05, 0.1) is 11.0 Å². The maximum atomic E-state index is 10.2. The molecule has 6 heteroatoms. The van der Waals surface area contributed by atoms with Crippen molar-refractivity contribution < 1.29 is 14.3 Å². The van der Waals surface area contributed by atoms with Crippen molar-refractivity contribution >= 4 is 0 Å². The number of hydrogen-bond donors (Lipinski definition) is 1. The summed E-state index contributed by atoms with van der Waals surface area (Å²) in [5.74, 6) is 2.56. The molecule has 2 saturated carbocycles.